The molecule has 3 rings (SSSR count). The van der Waals surface area contributed by atoms with Crippen molar-refractivity contribution < 1.29 is 4.42 Å². The minimum absolute atomic E-state index is 0.458. The van der Waals surface area contributed by atoms with Crippen LogP contribution in [0.15, 0.2) is 22.7 Å². The summed E-state index contributed by atoms with van der Waals surface area (Å²) in [6.45, 7) is 6.56. The number of aromatic nitrogens is 2. The molecule has 0 aliphatic carbocycles. The van der Waals surface area contributed by atoms with Crippen LogP contribution in [0.3, 0.4) is 0 Å². The summed E-state index contributed by atoms with van der Waals surface area (Å²) < 4.78 is 5.71. The third-order valence-corrected chi connectivity index (χ3v) is 3.45. The fourth-order valence-corrected chi connectivity index (χ4v) is 2.41. The molecule has 1 aliphatic heterocycles. The first-order valence-electron chi connectivity index (χ1n) is 6.48. The first-order chi connectivity index (χ1) is 8.83. The van der Waals surface area contributed by atoms with E-state index >= 15 is 0 Å². The van der Waals surface area contributed by atoms with Gasteiger partial charge in [0.2, 0.25) is 0 Å². The fraction of sp³-hybridized carbons (Fsp3) is 0.538. The van der Waals surface area contributed by atoms with Crippen LogP contribution >= 0.6 is 0 Å². The number of nitrogens with one attached hydrogen (secondary N) is 1. The summed E-state index contributed by atoms with van der Waals surface area (Å²) in [6, 6.07) is 4.24. The minimum Gasteiger partial charge on any atom is -0.439 e. The highest BCUT2D eigenvalue weighted by Gasteiger charge is 2.19. The van der Waals surface area contributed by atoms with Crippen LogP contribution < -0.4 is 5.32 Å². The van der Waals surface area contributed by atoms with Crippen LogP contribution in [-0.4, -0.2) is 47.1 Å². The van der Waals surface area contributed by atoms with Crippen LogP contribution in [0.4, 0.5) is 0 Å². The molecule has 1 aliphatic rings. The summed E-state index contributed by atoms with van der Waals surface area (Å²) in [7, 11) is 0. The van der Waals surface area contributed by atoms with Crippen LogP contribution in [0.1, 0.15) is 12.8 Å². The topological polar surface area (TPSA) is 54.2 Å². The van der Waals surface area contributed by atoms with Crippen molar-refractivity contribution in [2.45, 2.75) is 19.4 Å². The lowest BCUT2D eigenvalue weighted by Crippen LogP contribution is -2.48. The Hall–Kier alpha value is -1.46. The van der Waals surface area contributed by atoms with E-state index in [9.17, 15) is 0 Å². The van der Waals surface area contributed by atoms with E-state index in [0.29, 0.717) is 11.7 Å². The number of hydrogen-bond acceptors (Lipinski definition) is 5. The normalized spacial score (nSPS) is 19.2. The highest BCUT2D eigenvalue weighted by molar-refractivity contribution is 5.66. The molecule has 0 radical (unpaired) electrons. The lowest BCUT2D eigenvalue weighted by Gasteiger charge is -2.32. The number of hydrogen-bond donors (Lipinski definition) is 1. The summed E-state index contributed by atoms with van der Waals surface area (Å²) in [5.74, 6) is 0.787. The quantitative estimate of drug-likeness (QED) is 0.877. The van der Waals surface area contributed by atoms with Crippen molar-refractivity contribution in [1.82, 2.24) is 20.2 Å². The van der Waals surface area contributed by atoms with Gasteiger partial charge in [-0.25, -0.2) is 4.98 Å². The Labute approximate surface area is 106 Å². The van der Waals surface area contributed by atoms with E-state index in [1.54, 1.807) is 6.20 Å². The van der Waals surface area contributed by atoms with Gasteiger partial charge in [-0.05, 0) is 19.1 Å². The molecule has 0 spiro atoms. The molecule has 5 nitrogen and oxygen atoms in total. The van der Waals surface area contributed by atoms with E-state index in [1.807, 2.05) is 12.1 Å². The van der Waals surface area contributed by atoms with Gasteiger partial charge in [0.1, 0.15) is 0 Å². The predicted octanol–water partition coefficient (Wildman–Crippen LogP) is 1.06. The Balaban J connectivity index is 1.71. The molecule has 3 heterocycles. The number of nitrogens with zero attached hydrogens (tertiary/aromatic N) is 3. The van der Waals surface area contributed by atoms with Gasteiger partial charge in [0, 0.05) is 44.8 Å². The van der Waals surface area contributed by atoms with Crippen LogP contribution in [-0.2, 0) is 6.42 Å². The maximum absolute atomic E-state index is 5.71. The average molecular weight is 246 g/mol. The average Bonchev–Trinajstić information content (AvgIpc) is 2.82. The smallest absolute Gasteiger partial charge is 0.198 e. The Bertz CT molecular complexity index is 485. The van der Waals surface area contributed by atoms with E-state index in [2.05, 4.69) is 27.1 Å². The number of pyridine rings is 1. The van der Waals surface area contributed by atoms with Crippen LogP contribution in [0.5, 0.6) is 0 Å². The third kappa shape index (κ3) is 2.37. The third-order valence-electron chi connectivity index (χ3n) is 3.45. The molecular formula is C13H18N4O. The molecule has 18 heavy (non-hydrogen) atoms. The van der Waals surface area contributed by atoms with Crippen molar-refractivity contribution in [1.29, 1.82) is 0 Å². The number of fused-ring (bicyclic) bond motifs is 1. The summed E-state index contributed by atoms with van der Waals surface area (Å²) in [4.78, 5) is 11.1. The second kappa shape index (κ2) is 5.04. The first kappa shape index (κ1) is 11.6. The summed E-state index contributed by atoms with van der Waals surface area (Å²) in [5.41, 5.74) is 1.49. The molecule has 1 unspecified atom stereocenters. The van der Waals surface area contributed by atoms with Crippen molar-refractivity contribution in [2.75, 3.05) is 26.2 Å². The van der Waals surface area contributed by atoms with Gasteiger partial charge in [-0.1, -0.05) is 0 Å². The largest absolute Gasteiger partial charge is 0.439 e. The molecule has 5 heteroatoms. The van der Waals surface area contributed by atoms with Crippen molar-refractivity contribution in [3.63, 3.8) is 0 Å². The van der Waals surface area contributed by atoms with E-state index in [1.165, 1.54) is 0 Å². The fourth-order valence-electron chi connectivity index (χ4n) is 2.41. The minimum atomic E-state index is 0.458. The van der Waals surface area contributed by atoms with E-state index in [-0.39, 0.29) is 0 Å². The maximum Gasteiger partial charge on any atom is 0.198 e. The molecule has 0 aromatic carbocycles. The SMILES string of the molecule is CC(Cc1nc2ncccc2o1)N1CCNCC1. The standard InChI is InChI=1S/C13H18N4O/c1-10(17-7-5-14-6-8-17)9-12-16-13-11(18-12)3-2-4-15-13/h2-4,10,14H,5-9H2,1H3. The Morgan fingerprint density at radius 3 is 3.06 bits per heavy atom. The molecule has 0 saturated carbocycles. The zero-order valence-corrected chi connectivity index (χ0v) is 10.6. The Morgan fingerprint density at radius 1 is 1.44 bits per heavy atom. The van der Waals surface area contributed by atoms with Crippen LogP contribution in [0.2, 0.25) is 0 Å². The van der Waals surface area contributed by atoms with Crippen LogP contribution in [0.25, 0.3) is 11.2 Å². The highest BCUT2D eigenvalue weighted by atomic mass is 16.3. The monoisotopic (exact) mass is 246 g/mol. The number of piperazine rings is 1. The maximum atomic E-state index is 5.71. The molecule has 0 bridgehead atoms. The molecule has 96 valence electrons. The molecule has 2 aromatic heterocycles. The highest BCUT2D eigenvalue weighted by Crippen LogP contribution is 2.15. The molecule has 0 amide bonds. The Morgan fingerprint density at radius 2 is 2.28 bits per heavy atom. The molecule has 1 atom stereocenters. The van der Waals surface area contributed by atoms with Gasteiger partial charge in [0.15, 0.2) is 17.1 Å². The lowest BCUT2D eigenvalue weighted by atomic mass is 10.2. The molecule has 1 N–H and O–H groups in total. The molecule has 1 saturated heterocycles. The molecular weight excluding hydrogens is 228 g/mol. The first-order valence-corrected chi connectivity index (χ1v) is 6.48. The van der Waals surface area contributed by atoms with Gasteiger partial charge < -0.3 is 9.73 Å². The van der Waals surface area contributed by atoms with Crippen molar-refractivity contribution >= 4 is 11.2 Å². The second-order valence-electron chi connectivity index (χ2n) is 4.77. The number of rotatable bonds is 3. The summed E-state index contributed by atoms with van der Waals surface area (Å²) in [6.07, 6.45) is 2.59. The van der Waals surface area contributed by atoms with E-state index in [4.69, 9.17) is 4.42 Å². The van der Waals surface area contributed by atoms with Crippen molar-refractivity contribution in [2.24, 2.45) is 0 Å². The lowest BCUT2D eigenvalue weighted by molar-refractivity contribution is 0.177. The van der Waals surface area contributed by atoms with Gasteiger partial charge in [0.25, 0.3) is 0 Å². The Kier molecular flexibility index (Phi) is 3.25. The van der Waals surface area contributed by atoms with Gasteiger partial charge >= 0.3 is 0 Å². The van der Waals surface area contributed by atoms with Gasteiger partial charge in [-0.15, -0.1) is 0 Å². The predicted molar refractivity (Wildman–Crippen MR) is 69.4 cm³/mol. The summed E-state index contributed by atoms with van der Waals surface area (Å²) in [5, 5.41) is 3.36. The molecule has 2 aromatic rings. The van der Waals surface area contributed by atoms with Gasteiger partial charge in [-0.3, -0.25) is 4.90 Å². The van der Waals surface area contributed by atoms with Crippen molar-refractivity contribution in [3.05, 3.63) is 24.2 Å². The van der Waals surface area contributed by atoms with Gasteiger partial charge in [0.05, 0.1) is 0 Å². The zero-order chi connectivity index (χ0) is 12.4. The van der Waals surface area contributed by atoms with E-state index < -0.39 is 0 Å². The molecule has 1 fully saturated rings. The van der Waals surface area contributed by atoms with E-state index in [0.717, 1.165) is 44.1 Å². The summed E-state index contributed by atoms with van der Waals surface area (Å²) >= 11 is 0. The number of oxazole rings is 1. The van der Waals surface area contributed by atoms with Gasteiger partial charge in [-0.2, -0.15) is 4.98 Å². The zero-order valence-electron chi connectivity index (χ0n) is 10.6. The second-order valence-corrected chi connectivity index (χ2v) is 4.77. The van der Waals surface area contributed by atoms with Crippen LogP contribution in [0, 0.1) is 0 Å². The van der Waals surface area contributed by atoms with Crippen molar-refractivity contribution in [3.8, 4) is 0 Å².